The third-order valence-corrected chi connectivity index (χ3v) is 5.60. The van der Waals surface area contributed by atoms with Crippen molar-refractivity contribution in [3.05, 3.63) is 54.1 Å². The second kappa shape index (κ2) is 11.2. The maximum absolute atomic E-state index is 5.78. The second-order valence-electron chi connectivity index (χ2n) is 7.53. The summed E-state index contributed by atoms with van der Waals surface area (Å²) >= 11 is 5.78. The molecule has 6 nitrogen and oxygen atoms in total. The van der Waals surface area contributed by atoms with Gasteiger partial charge in [-0.2, -0.15) is 0 Å². The normalized spacial score (nSPS) is 14.2. The number of hydrogen-bond donors (Lipinski definition) is 1. The number of ether oxygens (including phenoxy) is 2. The number of nitrogens with zero attached hydrogens (tertiary/aromatic N) is 3. The molecule has 1 aliphatic rings. The standard InChI is InChI=1S/C23H32N4O2S/c1-25(2)20-6-4-19(5-7-20)18-27(21-8-10-22(28-3)11-9-21)23(30)24-12-13-26-14-16-29-17-15-26/h4-11H,12-18H2,1-3H3,(H,24,30). The maximum atomic E-state index is 5.78. The van der Waals surface area contributed by atoms with Gasteiger partial charge < -0.3 is 24.6 Å². The van der Waals surface area contributed by atoms with Crippen LogP contribution in [-0.2, 0) is 11.3 Å². The molecule has 0 unspecified atom stereocenters. The third-order valence-electron chi connectivity index (χ3n) is 5.23. The molecule has 7 heteroatoms. The van der Waals surface area contributed by atoms with Gasteiger partial charge in [-0.1, -0.05) is 12.1 Å². The molecule has 0 aromatic heterocycles. The molecule has 2 aromatic carbocycles. The highest BCUT2D eigenvalue weighted by Gasteiger charge is 2.15. The number of rotatable bonds is 8. The zero-order chi connectivity index (χ0) is 21.3. The molecule has 1 N–H and O–H groups in total. The van der Waals surface area contributed by atoms with Gasteiger partial charge in [-0.25, -0.2) is 0 Å². The minimum absolute atomic E-state index is 0.698. The van der Waals surface area contributed by atoms with Crippen LogP contribution in [0.2, 0.25) is 0 Å². The van der Waals surface area contributed by atoms with Gasteiger partial charge in [-0.05, 0) is 54.2 Å². The lowest BCUT2D eigenvalue weighted by atomic mass is 10.1. The zero-order valence-corrected chi connectivity index (χ0v) is 19.0. The van der Waals surface area contributed by atoms with Crippen LogP contribution in [0, 0.1) is 0 Å². The van der Waals surface area contributed by atoms with E-state index in [0.717, 1.165) is 55.9 Å². The lowest BCUT2D eigenvalue weighted by molar-refractivity contribution is 0.0389. The molecule has 3 rings (SSSR count). The molecule has 30 heavy (non-hydrogen) atoms. The lowest BCUT2D eigenvalue weighted by Gasteiger charge is -2.29. The Bertz CT molecular complexity index is 790. The summed E-state index contributed by atoms with van der Waals surface area (Å²) in [4.78, 5) is 6.64. The number of thiocarbonyl (C=S) groups is 1. The van der Waals surface area contributed by atoms with Crippen molar-refractivity contribution >= 4 is 28.7 Å². The number of morpholine rings is 1. The van der Waals surface area contributed by atoms with E-state index in [-0.39, 0.29) is 0 Å². The van der Waals surface area contributed by atoms with E-state index in [1.807, 2.05) is 38.4 Å². The van der Waals surface area contributed by atoms with E-state index in [1.165, 1.54) is 11.3 Å². The molecule has 1 fully saturated rings. The number of nitrogens with one attached hydrogen (secondary N) is 1. The monoisotopic (exact) mass is 428 g/mol. The summed E-state index contributed by atoms with van der Waals surface area (Å²) in [6, 6.07) is 16.6. The molecule has 1 aliphatic heterocycles. The Hall–Kier alpha value is -2.35. The Morgan fingerprint density at radius 2 is 1.67 bits per heavy atom. The Morgan fingerprint density at radius 3 is 2.27 bits per heavy atom. The van der Waals surface area contributed by atoms with Gasteiger partial charge in [0.1, 0.15) is 5.75 Å². The van der Waals surface area contributed by atoms with Crippen LogP contribution in [0.5, 0.6) is 5.75 Å². The lowest BCUT2D eigenvalue weighted by Crippen LogP contribution is -2.45. The first-order valence-electron chi connectivity index (χ1n) is 10.3. The largest absolute Gasteiger partial charge is 0.497 e. The first kappa shape index (κ1) is 22.3. The van der Waals surface area contributed by atoms with E-state index in [1.54, 1.807) is 7.11 Å². The van der Waals surface area contributed by atoms with Crippen LogP contribution in [0.15, 0.2) is 48.5 Å². The van der Waals surface area contributed by atoms with E-state index >= 15 is 0 Å². The quantitative estimate of drug-likeness (QED) is 0.648. The highest BCUT2D eigenvalue weighted by atomic mass is 32.1. The summed E-state index contributed by atoms with van der Waals surface area (Å²) in [7, 11) is 5.77. The highest BCUT2D eigenvalue weighted by Crippen LogP contribution is 2.22. The molecular weight excluding hydrogens is 396 g/mol. The van der Waals surface area contributed by atoms with Gasteiger partial charge in [-0.15, -0.1) is 0 Å². The topological polar surface area (TPSA) is 40.2 Å². The number of hydrogen-bond acceptors (Lipinski definition) is 5. The predicted octanol–water partition coefficient (Wildman–Crippen LogP) is 2.97. The van der Waals surface area contributed by atoms with Gasteiger partial charge in [0.2, 0.25) is 0 Å². The smallest absolute Gasteiger partial charge is 0.173 e. The number of methoxy groups -OCH3 is 1. The van der Waals surface area contributed by atoms with E-state index in [0.29, 0.717) is 6.54 Å². The summed E-state index contributed by atoms with van der Waals surface area (Å²) in [5, 5.41) is 4.17. The summed E-state index contributed by atoms with van der Waals surface area (Å²) in [6.07, 6.45) is 0. The van der Waals surface area contributed by atoms with Gasteiger partial charge >= 0.3 is 0 Å². The van der Waals surface area contributed by atoms with Crippen LogP contribution in [0.3, 0.4) is 0 Å². The van der Waals surface area contributed by atoms with E-state index in [2.05, 4.69) is 44.3 Å². The molecule has 0 aliphatic carbocycles. The summed E-state index contributed by atoms with van der Waals surface area (Å²) in [5.74, 6) is 0.834. The predicted molar refractivity (Wildman–Crippen MR) is 128 cm³/mol. The Balaban J connectivity index is 1.68. The Labute approximate surface area is 185 Å². The van der Waals surface area contributed by atoms with Crippen LogP contribution in [0.4, 0.5) is 11.4 Å². The molecular formula is C23H32N4O2S. The first-order chi connectivity index (χ1) is 14.6. The van der Waals surface area contributed by atoms with Crippen molar-refractivity contribution < 1.29 is 9.47 Å². The van der Waals surface area contributed by atoms with Crippen LogP contribution in [0.1, 0.15) is 5.56 Å². The maximum Gasteiger partial charge on any atom is 0.173 e. The Kier molecular flexibility index (Phi) is 8.30. The van der Waals surface area contributed by atoms with Crippen molar-refractivity contribution in [1.82, 2.24) is 10.2 Å². The van der Waals surface area contributed by atoms with Crippen molar-refractivity contribution in [2.45, 2.75) is 6.54 Å². The average Bonchev–Trinajstić information content (AvgIpc) is 2.78. The summed E-state index contributed by atoms with van der Waals surface area (Å²) < 4.78 is 10.7. The van der Waals surface area contributed by atoms with E-state index < -0.39 is 0 Å². The molecule has 0 radical (unpaired) electrons. The van der Waals surface area contributed by atoms with E-state index in [9.17, 15) is 0 Å². The first-order valence-corrected chi connectivity index (χ1v) is 10.7. The third kappa shape index (κ3) is 6.32. The molecule has 0 bridgehead atoms. The van der Waals surface area contributed by atoms with Crippen molar-refractivity contribution in [2.24, 2.45) is 0 Å². The fourth-order valence-electron chi connectivity index (χ4n) is 3.37. The highest BCUT2D eigenvalue weighted by molar-refractivity contribution is 7.80. The van der Waals surface area contributed by atoms with Gasteiger partial charge in [0.05, 0.1) is 26.9 Å². The Morgan fingerprint density at radius 1 is 1.03 bits per heavy atom. The molecule has 1 saturated heterocycles. The van der Waals surface area contributed by atoms with Crippen LogP contribution in [0.25, 0.3) is 0 Å². The van der Waals surface area contributed by atoms with Gasteiger partial charge in [-0.3, -0.25) is 4.90 Å². The van der Waals surface area contributed by atoms with Crippen molar-refractivity contribution in [2.75, 3.05) is 70.4 Å². The van der Waals surface area contributed by atoms with Crippen molar-refractivity contribution in [3.63, 3.8) is 0 Å². The molecule has 0 spiro atoms. The molecule has 0 atom stereocenters. The molecule has 2 aromatic rings. The molecule has 1 heterocycles. The van der Waals surface area contributed by atoms with Crippen LogP contribution < -0.4 is 19.9 Å². The SMILES string of the molecule is COc1ccc(N(Cc2ccc(N(C)C)cc2)C(=S)NCCN2CCOCC2)cc1. The second-order valence-corrected chi connectivity index (χ2v) is 7.92. The molecule has 162 valence electrons. The van der Waals surface area contributed by atoms with Gasteiger partial charge in [0.15, 0.2) is 5.11 Å². The van der Waals surface area contributed by atoms with Crippen LogP contribution in [-0.4, -0.2) is 70.6 Å². The van der Waals surface area contributed by atoms with Crippen LogP contribution >= 0.6 is 12.2 Å². The van der Waals surface area contributed by atoms with Gasteiger partial charge in [0.25, 0.3) is 0 Å². The fourth-order valence-corrected chi connectivity index (χ4v) is 3.64. The summed E-state index contributed by atoms with van der Waals surface area (Å²) in [5.41, 5.74) is 3.42. The summed E-state index contributed by atoms with van der Waals surface area (Å²) in [6.45, 7) is 6.05. The van der Waals surface area contributed by atoms with Gasteiger partial charge in [0, 0.05) is 51.6 Å². The minimum atomic E-state index is 0.698. The molecule has 0 amide bonds. The average molecular weight is 429 g/mol. The zero-order valence-electron chi connectivity index (χ0n) is 18.1. The fraction of sp³-hybridized carbons (Fsp3) is 0.435. The van der Waals surface area contributed by atoms with Crippen molar-refractivity contribution in [3.8, 4) is 5.75 Å². The molecule has 0 saturated carbocycles. The van der Waals surface area contributed by atoms with E-state index in [4.69, 9.17) is 21.7 Å². The number of anilines is 2. The minimum Gasteiger partial charge on any atom is -0.497 e. The number of benzene rings is 2. The van der Waals surface area contributed by atoms with Crippen molar-refractivity contribution in [1.29, 1.82) is 0 Å².